The Labute approximate surface area is 86.0 Å². The minimum atomic E-state index is 0. The van der Waals surface area contributed by atoms with Crippen molar-refractivity contribution in [2.24, 2.45) is 0 Å². The fourth-order valence-electron chi connectivity index (χ4n) is 1.09. The number of hydrogen-bond acceptors (Lipinski definition) is 2. The van der Waals surface area contributed by atoms with Crippen LogP contribution in [0.25, 0.3) is 0 Å². The fraction of sp³-hybridized carbons (Fsp3) is 0.400. The van der Waals surface area contributed by atoms with E-state index in [0.717, 1.165) is 19.3 Å². The summed E-state index contributed by atoms with van der Waals surface area (Å²) >= 11 is 0. The normalized spacial score (nSPS) is 8.38. The summed E-state index contributed by atoms with van der Waals surface area (Å²) in [4.78, 5) is 0. The third-order valence-corrected chi connectivity index (χ3v) is 1.72. The van der Waals surface area contributed by atoms with Crippen LogP contribution in [0, 0.1) is 0 Å². The molecule has 2 nitrogen and oxygen atoms in total. The van der Waals surface area contributed by atoms with E-state index < -0.39 is 0 Å². The van der Waals surface area contributed by atoms with Crippen molar-refractivity contribution in [3.05, 3.63) is 35.9 Å². The van der Waals surface area contributed by atoms with Gasteiger partial charge in [0.15, 0.2) is 0 Å². The van der Waals surface area contributed by atoms with Gasteiger partial charge in [0, 0.05) is 6.61 Å². The highest BCUT2D eigenvalue weighted by Crippen LogP contribution is 2.03. The molecule has 0 unspecified atom stereocenters. The van der Waals surface area contributed by atoms with Crippen LogP contribution in [0.3, 0.4) is 0 Å². The van der Waals surface area contributed by atoms with Crippen LogP contribution in [0.4, 0.5) is 0 Å². The standard InChI is InChI=1S/C10H14O.ClH.H3N/c11-9-5-4-8-10-6-2-1-3-7-10;;/h1-3,6-7,11H,4-5,8-9H2;1H;1H3. The molecule has 0 atom stereocenters. The van der Waals surface area contributed by atoms with Crippen molar-refractivity contribution in [2.45, 2.75) is 19.3 Å². The number of hydrogen-bond donors (Lipinski definition) is 2. The van der Waals surface area contributed by atoms with E-state index in [1.807, 2.05) is 18.2 Å². The highest BCUT2D eigenvalue weighted by molar-refractivity contribution is 5.85. The van der Waals surface area contributed by atoms with Crippen LogP contribution in [0.2, 0.25) is 0 Å². The lowest BCUT2D eigenvalue weighted by molar-refractivity contribution is 0.284. The second-order valence-electron chi connectivity index (χ2n) is 2.67. The monoisotopic (exact) mass is 203 g/mol. The van der Waals surface area contributed by atoms with Crippen molar-refractivity contribution in [1.29, 1.82) is 0 Å². The molecule has 0 aromatic heterocycles. The van der Waals surface area contributed by atoms with Gasteiger partial charge in [0.25, 0.3) is 0 Å². The molecule has 76 valence electrons. The molecule has 0 aliphatic carbocycles. The molecule has 0 amide bonds. The van der Waals surface area contributed by atoms with Gasteiger partial charge in [-0.3, -0.25) is 0 Å². The third-order valence-electron chi connectivity index (χ3n) is 1.72. The Morgan fingerprint density at radius 1 is 1.00 bits per heavy atom. The average molecular weight is 204 g/mol. The Morgan fingerprint density at radius 2 is 1.62 bits per heavy atom. The minimum absolute atomic E-state index is 0. The maximum Gasteiger partial charge on any atom is 0.0431 e. The molecule has 0 radical (unpaired) electrons. The summed E-state index contributed by atoms with van der Waals surface area (Å²) in [6.45, 7) is 0.312. The second-order valence-corrected chi connectivity index (χ2v) is 2.67. The predicted octanol–water partition coefficient (Wildman–Crippen LogP) is 2.59. The first-order valence-corrected chi connectivity index (χ1v) is 4.08. The van der Waals surface area contributed by atoms with Crippen LogP contribution in [-0.2, 0) is 6.42 Å². The van der Waals surface area contributed by atoms with E-state index in [-0.39, 0.29) is 18.6 Å². The van der Waals surface area contributed by atoms with Gasteiger partial charge in [-0.15, -0.1) is 12.4 Å². The van der Waals surface area contributed by atoms with Crippen molar-refractivity contribution >= 4 is 12.4 Å². The van der Waals surface area contributed by atoms with Crippen molar-refractivity contribution in [3.8, 4) is 0 Å². The summed E-state index contributed by atoms with van der Waals surface area (Å²) in [6.07, 6.45) is 3.08. The molecule has 0 aliphatic rings. The maximum atomic E-state index is 8.54. The Morgan fingerprint density at radius 3 is 2.15 bits per heavy atom. The summed E-state index contributed by atoms with van der Waals surface area (Å²) in [7, 11) is 0. The van der Waals surface area contributed by atoms with Gasteiger partial charge in [0.2, 0.25) is 0 Å². The number of aliphatic hydroxyl groups excluding tert-OH is 1. The fourth-order valence-corrected chi connectivity index (χ4v) is 1.09. The van der Waals surface area contributed by atoms with Gasteiger partial charge in [-0.25, -0.2) is 0 Å². The van der Waals surface area contributed by atoms with Gasteiger partial charge >= 0.3 is 0 Å². The minimum Gasteiger partial charge on any atom is -0.396 e. The summed E-state index contributed by atoms with van der Waals surface area (Å²) < 4.78 is 0. The number of halogens is 1. The van der Waals surface area contributed by atoms with Gasteiger partial charge in [-0.05, 0) is 24.8 Å². The van der Waals surface area contributed by atoms with E-state index >= 15 is 0 Å². The van der Waals surface area contributed by atoms with Crippen molar-refractivity contribution in [2.75, 3.05) is 6.61 Å². The topological polar surface area (TPSA) is 55.2 Å². The molecule has 1 aromatic carbocycles. The molecule has 13 heavy (non-hydrogen) atoms. The Kier molecular flexibility index (Phi) is 10.9. The zero-order valence-electron chi connectivity index (χ0n) is 7.78. The number of rotatable bonds is 4. The Balaban J connectivity index is 0. The molecule has 0 fully saturated rings. The summed E-state index contributed by atoms with van der Waals surface area (Å²) in [6, 6.07) is 10.4. The van der Waals surface area contributed by atoms with Crippen LogP contribution in [0.15, 0.2) is 30.3 Å². The van der Waals surface area contributed by atoms with E-state index in [1.54, 1.807) is 0 Å². The second kappa shape index (κ2) is 9.52. The third kappa shape index (κ3) is 6.58. The summed E-state index contributed by atoms with van der Waals surface area (Å²) in [5, 5.41) is 8.54. The van der Waals surface area contributed by atoms with Crippen LogP contribution >= 0.6 is 12.4 Å². The average Bonchev–Trinajstić information content (AvgIpc) is 2.07. The predicted molar refractivity (Wildman–Crippen MR) is 58.7 cm³/mol. The molecule has 0 saturated carbocycles. The largest absolute Gasteiger partial charge is 0.396 e. The molecule has 0 saturated heterocycles. The van der Waals surface area contributed by atoms with Crippen molar-refractivity contribution < 1.29 is 5.11 Å². The Hall–Kier alpha value is -0.570. The molecule has 4 N–H and O–H groups in total. The van der Waals surface area contributed by atoms with Crippen LogP contribution in [0.5, 0.6) is 0 Å². The van der Waals surface area contributed by atoms with Crippen molar-refractivity contribution in [1.82, 2.24) is 6.15 Å². The van der Waals surface area contributed by atoms with Gasteiger partial charge in [0.05, 0.1) is 0 Å². The number of aliphatic hydroxyl groups is 1. The first-order chi connectivity index (χ1) is 5.43. The molecule has 0 bridgehead atoms. The van der Waals surface area contributed by atoms with Gasteiger partial charge in [0.1, 0.15) is 0 Å². The van der Waals surface area contributed by atoms with E-state index in [1.165, 1.54) is 5.56 Å². The number of aryl methyl sites for hydroxylation is 1. The lowest BCUT2D eigenvalue weighted by atomic mass is 10.1. The molecular weight excluding hydrogens is 186 g/mol. The molecule has 0 aliphatic heterocycles. The number of benzene rings is 1. The van der Waals surface area contributed by atoms with E-state index in [9.17, 15) is 0 Å². The zero-order chi connectivity index (χ0) is 7.94. The van der Waals surface area contributed by atoms with E-state index in [4.69, 9.17) is 5.11 Å². The van der Waals surface area contributed by atoms with Gasteiger partial charge in [-0.1, -0.05) is 30.3 Å². The molecule has 1 aromatic rings. The molecule has 3 heteroatoms. The van der Waals surface area contributed by atoms with Crippen LogP contribution in [0.1, 0.15) is 18.4 Å². The SMILES string of the molecule is Cl.N.OCCCCc1ccccc1. The number of unbranched alkanes of at least 4 members (excludes halogenated alkanes) is 1. The molecular formula is C10H18ClNO. The highest BCUT2D eigenvalue weighted by Gasteiger charge is 1.89. The summed E-state index contributed by atoms with van der Waals surface area (Å²) in [5.74, 6) is 0. The first kappa shape index (κ1) is 14.9. The van der Waals surface area contributed by atoms with Gasteiger partial charge in [-0.2, -0.15) is 0 Å². The highest BCUT2D eigenvalue weighted by atomic mass is 35.5. The quantitative estimate of drug-likeness (QED) is 0.740. The molecule has 1 rings (SSSR count). The van der Waals surface area contributed by atoms with E-state index in [0.29, 0.717) is 6.61 Å². The summed E-state index contributed by atoms with van der Waals surface area (Å²) in [5.41, 5.74) is 1.36. The van der Waals surface area contributed by atoms with Crippen LogP contribution in [-0.4, -0.2) is 11.7 Å². The smallest absolute Gasteiger partial charge is 0.0431 e. The lowest BCUT2D eigenvalue weighted by Crippen LogP contribution is -1.87. The first-order valence-electron chi connectivity index (χ1n) is 4.08. The van der Waals surface area contributed by atoms with Crippen molar-refractivity contribution in [3.63, 3.8) is 0 Å². The zero-order valence-corrected chi connectivity index (χ0v) is 8.59. The molecule has 0 heterocycles. The molecule has 0 spiro atoms. The van der Waals surface area contributed by atoms with Gasteiger partial charge < -0.3 is 11.3 Å². The maximum absolute atomic E-state index is 8.54. The van der Waals surface area contributed by atoms with Crippen LogP contribution < -0.4 is 6.15 Å². The lowest BCUT2D eigenvalue weighted by Gasteiger charge is -1.97. The van der Waals surface area contributed by atoms with E-state index in [2.05, 4.69) is 12.1 Å². The Bertz CT molecular complexity index is 191.